The molecule has 24 heavy (non-hydrogen) atoms. The third kappa shape index (κ3) is 3.49. The van der Waals surface area contributed by atoms with Gasteiger partial charge in [-0.25, -0.2) is 0 Å². The van der Waals surface area contributed by atoms with Crippen molar-refractivity contribution in [2.75, 3.05) is 39.4 Å². The minimum absolute atomic E-state index is 0.0630. The van der Waals surface area contributed by atoms with E-state index in [4.69, 9.17) is 16.3 Å². The largest absolute Gasteiger partial charge is 0.506 e. The summed E-state index contributed by atoms with van der Waals surface area (Å²) in [5.74, 6) is 0.0285. The predicted octanol–water partition coefficient (Wildman–Crippen LogP) is 2.33. The Morgan fingerprint density at radius 2 is 2.00 bits per heavy atom. The standard InChI is InChI=1S/C16H22ClN3O4/c17-12-1-2-13(20(22)23)14(16(12)21)15(11-3-9-24-10-4-11)19-7-5-18-6-8-19/h1-2,11,15,18,21H,3-10H2/t15-/m0/s1. The molecule has 0 spiro atoms. The molecule has 1 aromatic carbocycles. The molecule has 0 aromatic heterocycles. The Morgan fingerprint density at radius 3 is 2.62 bits per heavy atom. The van der Waals surface area contributed by atoms with Crippen molar-refractivity contribution in [2.24, 2.45) is 5.92 Å². The molecule has 2 aliphatic heterocycles. The molecule has 3 rings (SSSR count). The van der Waals surface area contributed by atoms with Crippen molar-refractivity contribution >= 4 is 17.3 Å². The summed E-state index contributed by atoms with van der Waals surface area (Å²) in [4.78, 5) is 13.3. The maximum atomic E-state index is 11.6. The first-order valence-corrected chi connectivity index (χ1v) is 8.65. The molecule has 0 saturated carbocycles. The summed E-state index contributed by atoms with van der Waals surface area (Å²) in [6.07, 6.45) is 1.63. The SMILES string of the molecule is O=[N+]([O-])c1ccc(Cl)c(O)c1[C@H](C1CCOCC1)N1CCNCC1. The Labute approximate surface area is 145 Å². The summed E-state index contributed by atoms with van der Waals surface area (Å²) < 4.78 is 5.45. The van der Waals surface area contributed by atoms with Crippen LogP contribution in [-0.2, 0) is 4.74 Å². The van der Waals surface area contributed by atoms with Gasteiger partial charge in [0.1, 0.15) is 5.75 Å². The Balaban J connectivity index is 2.07. The number of hydrogen-bond acceptors (Lipinski definition) is 6. The number of phenols is 1. The fourth-order valence-electron chi connectivity index (χ4n) is 3.73. The van der Waals surface area contributed by atoms with Crippen LogP contribution < -0.4 is 5.32 Å². The average molecular weight is 356 g/mol. The Morgan fingerprint density at radius 1 is 1.33 bits per heavy atom. The first-order valence-electron chi connectivity index (χ1n) is 8.28. The van der Waals surface area contributed by atoms with Crippen LogP contribution >= 0.6 is 11.6 Å². The van der Waals surface area contributed by atoms with Crippen molar-refractivity contribution in [3.05, 3.63) is 32.8 Å². The second kappa shape index (κ2) is 7.65. The van der Waals surface area contributed by atoms with E-state index < -0.39 is 4.92 Å². The molecule has 0 radical (unpaired) electrons. The lowest BCUT2D eigenvalue weighted by Gasteiger charge is -2.41. The van der Waals surface area contributed by atoms with E-state index in [2.05, 4.69) is 10.2 Å². The molecule has 2 heterocycles. The number of phenolic OH excluding ortho intramolecular Hbond substituents is 1. The third-order valence-corrected chi connectivity index (χ3v) is 5.20. The van der Waals surface area contributed by atoms with Gasteiger partial charge in [-0.3, -0.25) is 15.0 Å². The quantitative estimate of drug-likeness (QED) is 0.636. The predicted molar refractivity (Wildman–Crippen MR) is 90.5 cm³/mol. The Hall–Kier alpha value is -1.41. The zero-order valence-corrected chi connectivity index (χ0v) is 14.2. The minimum Gasteiger partial charge on any atom is -0.506 e. The molecule has 7 nitrogen and oxygen atoms in total. The number of nitro groups is 1. The number of halogens is 1. The van der Waals surface area contributed by atoms with Gasteiger partial charge in [0.25, 0.3) is 5.69 Å². The number of rotatable bonds is 4. The topological polar surface area (TPSA) is 87.9 Å². The van der Waals surface area contributed by atoms with Gasteiger partial charge in [0.05, 0.1) is 15.5 Å². The molecule has 2 aliphatic rings. The van der Waals surface area contributed by atoms with Gasteiger partial charge < -0.3 is 15.2 Å². The minimum atomic E-state index is -0.431. The Bertz CT molecular complexity index is 583. The van der Waals surface area contributed by atoms with Gasteiger partial charge in [-0.2, -0.15) is 0 Å². The first kappa shape index (κ1) is 17.4. The summed E-state index contributed by atoms with van der Waals surface area (Å²) in [7, 11) is 0. The van der Waals surface area contributed by atoms with Crippen molar-refractivity contribution in [3.8, 4) is 5.75 Å². The molecule has 0 amide bonds. The van der Waals surface area contributed by atoms with Crippen LogP contribution in [0, 0.1) is 16.0 Å². The highest BCUT2D eigenvalue weighted by atomic mass is 35.5. The molecule has 8 heteroatoms. The summed E-state index contributed by atoms with van der Waals surface area (Å²) in [5, 5.41) is 25.6. The van der Waals surface area contributed by atoms with Gasteiger partial charge in [0.2, 0.25) is 0 Å². The number of hydrogen-bond donors (Lipinski definition) is 2. The fraction of sp³-hybridized carbons (Fsp3) is 0.625. The van der Waals surface area contributed by atoms with Crippen LogP contribution in [0.1, 0.15) is 24.4 Å². The molecular weight excluding hydrogens is 334 g/mol. The van der Waals surface area contributed by atoms with Gasteiger partial charge in [-0.15, -0.1) is 0 Å². The normalized spacial score (nSPS) is 21.5. The van der Waals surface area contributed by atoms with Crippen molar-refractivity contribution in [1.82, 2.24) is 10.2 Å². The molecule has 2 N–H and O–H groups in total. The summed E-state index contributed by atoms with van der Waals surface area (Å²) in [6, 6.07) is 2.55. The van der Waals surface area contributed by atoms with Crippen LogP contribution in [0.3, 0.4) is 0 Å². The van der Waals surface area contributed by atoms with E-state index in [0.29, 0.717) is 18.8 Å². The maximum absolute atomic E-state index is 11.6. The van der Waals surface area contributed by atoms with Gasteiger partial charge in [-0.05, 0) is 24.8 Å². The first-order chi connectivity index (χ1) is 11.6. The number of nitro benzene ring substituents is 1. The molecule has 1 atom stereocenters. The zero-order valence-electron chi connectivity index (χ0n) is 13.4. The van der Waals surface area contributed by atoms with Gasteiger partial charge in [0.15, 0.2) is 0 Å². The molecule has 2 fully saturated rings. The van der Waals surface area contributed by atoms with Crippen molar-refractivity contribution in [3.63, 3.8) is 0 Å². The number of nitrogens with one attached hydrogen (secondary N) is 1. The average Bonchev–Trinajstić information content (AvgIpc) is 2.60. The van der Waals surface area contributed by atoms with E-state index in [-0.39, 0.29) is 28.4 Å². The summed E-state index contributed by atoms with van der Waals surface area (Å²) in [6.45, 7) is 4.50. The van der Waals surface area contributed by atoms with E-state index in [1.807, 2.05) is 0 Å². The lowest BCUT2D eigenvalue weighted by atomic mass is 9.84. The van der Waals surface area contributed by atoms with Gasteiger partial charge >= 0.3 is 0 Å². The molecule has 132 valence electrons. The van der Waals surface area contributed by atoms with E-state index in [0.717, 1.165) is 39.0 Å². The molecular formula is C16H22ClN3O4. The number of nitrogens with zero attached hydrogens (tertiary/aromatic N) is 2. The van der Waals surface area contributed by atoms with E-state index in [9.17, 15) is 15.2 Å². The third-order valence-electron chi connectivity index (χ3n) is 4.89. The summed E-state index contributed by atoms with van der Waals surface area (Å²) in [5.41, 5.74) is 0.285. The van der Waals surface area contributed by atoms with Crippen LogP contribution in [0.2, 0.25) is 5.02 Å². The highest BCUT2D eigenvalue weighted by Crippen LogP contribution is 2.46. The highest BCUT2D eigenvalue weighted by molar-refractivity contribution is 6.32. The maximum Gasteiger partial charge on any atom is 0.278 e. The van der Waals surface area contributed by atoms with E-state index >= 15 is 0 Å². The summed E-state index contributed by atoms with van der Waals surface area (Å²) >= 11 is 6.08. The van der Waals surface area contributed by atoms with Crippen LogP contribution in [0.25, 0.3) is 0 Å². The number of ether oxygens (including phenoxy) is 1. The van der Waals surface area contributed by atoms with Gasteiger partial charge in [0, 0.05) is 51.5 Å². The second-order valence-electron chi connectivity index (χ2n) is 6.27. The zero-order chi connectivity index (χ0) is 17.1. The molecule has 2 saturated heterocycles. The highest BCUT2D eigenvalue weighted by Gasteiger charge is 2.38. The number of piperazine rings is 1. The van der Waals surface area contributed by atoms with E-state index in [1.165, 1.54) is 12.1 Å². The molecule has 0 unspecified atom stereocenters. The van der Waals surface area contributed by atoms with Crippen LogP contribution in [0.15, 0.2) is 12.1 Å². The van der Waals surface area contributed by atoms with Crippen LogP contribution in [0.4, 0.5) is 5.69 Å². The lowest BCUT2D eigenvalue weighted by molar-refractivity contribution is -0.386. The van der Waals surface area contributed by atoms with Crippen LogP contribution in [0.5, 0.6) is 5.75 Å². The molecule has 1 aromatic rings. The number of aromatic hydroxyl groups is 1. The van der Waals surface area contributed by atoms with Crippen molar-refractivity contribution in [2.45, 2.75) is 18.9 Å². The second-order valence-corrected chi connectivity index (χ2v) is 6.67. The van der Waals surface area contributed by atoms with Crippen molar-refractivity contribution < 1.29 is 14.8 Å². The van der Waals surface area contributed by atoms with Crippen molar-refractivity contribution in [1.29, 1.82) is 0 Å². The smallest absolute Gasteiger partial charge is 0.278 e. The van der Waals surface area contributed by atoms with E-state index in [1.54, 1.807) is 0 Å². The molecule has 0 bridgehead atoms. The Kier molecular flexibility index (Phi) is 5.55. The monoisotopic (exact) mass is 355 g/mol. The lowest BCUT2D eigenvalue weighted by Crippen LogP contribution is -2.47. The molecule has 0 aliphatic carbocycles. The fourth-order valence-corrected chi connectivity index (χ4v) is 3.89. The van der Waals surface area contributed by atoms with Gasteiger partial charge in [-0.1, -0.05) is 11.6 Å². The number of benzene rings is 1. The van der Waals surface area contributed by atoms with Crippen LogP contribution in [-0.4, -0.2) is 54.3 Å².